The van der Waals surface area contributed by atoms with E-state index in [0.29, 0.717) is 48.7 Å². The maximum absolute atomic E-state index is 13.1. The molecule has 1 N–H and O–H groups in total. The van der Waals surface area contributed by atoms with E-state index in [4.69, 9.17) is 9.47 Å². The van der Waals surface area contributed by atoms with E-state index in [-0.39, 0.29) is 24.5 Å². The molecular formula is C29H29N3O4. The number of hydrogen-bond acceptors (Lipinski definition) is 5. The molecule has 0 aliphatic carbocycles. The maximum atomic E-state index is 13.1. The Balaban J connectivity index is 1.01. The molecule has 0 bridgehead atoms. The Labute approximate surface area is 210 Å². The first-order valence-corrected chi connectivity index (χ1v) is 12.6. The SMILES string of the molecule is O=C(Nc1ccc2c(c1)OCO2)C1CCN(C(=O)c2ccc(CN3CCc4ccccc43)cc2)CC1. The van der Waals surface area contributed by atoms with Gasteiger partial charge in [0, 0.05) is 55.1 Å². The molecule has 0 saturated carbocycles. The molecule has 0 radical (unpaired) electrons. The van der Waals surface area contributed by atoms with Crippen molar-refractivity contribution in [2.75, 3.05) is 36.6 Å². The van der Waals surface area contributed by atoms with Gasteiger partial charge in [-0.15, -0.1) is 0 Å². The summed E-state index contributed by atoms with van der Waals surface area (Å²) in [4.78, 5) is 30.1. The Morgan fingerprint density at radius 1 is 0.889 bits per heavy atom. The van der Waals surface area contributed by atoms with Crippen molar-refractivity contribution in [3.63, 3.8) is 0 Å². The molecule has 1 fully saturated rings. The zero-order valence-corrected chi connectivity index (χ0v) is 20.1. The van der Waals surface area contributed by atoms with Crippen LogP contribution in [0, 0.1) is 5.92 Å². The summed E-state index contributed by atoms with van der Waals surface area (Å²) in [6.07, 6.45) is 2.38. The molecule has 3 aromatic carbocycles. The molecule has 3 aliphatic heterocycles. The minimum absolute atomic E-state index is 0.0196. The zero-order valence-electron chi connectivity index (χ0n) is 20.1. The summed E-state index contributed by atoms with van der Waals surface area (Å²) in [7, 11) is 0. The summed E-state index contributed by atoms with van der Waals surface area (Å²) in [6, 6.07) is 21.9. The number of anilines is 2. The Hall–Kier alpha value is -4.00. The number of nitrogens with one attached hydrogen (secondary N) is 1. The Kier molecular flexibility index (Phi) is 5.97. The summed E-state index contributed by atoms with van der Waals surface area (Å²) >= 11 is 0. The first-order valence-electron chi connectivity index (χ1n) is 12.6. The Bertz CT molecular complexity index is 1280. The van der Waals surface area contributed by atoms with E-state index in [1.54, 1.807) is 12.1 Å². The number of carbonyl (C=O) groups excluding carboxylic acids is 2. The second kappa shape index (κ2) is 9.57. The second-order valence-electron chi connectivity index (χ2n) is 9.62. The van der Waals surface area contributed by atoms with Crippen molar-refractivity contribution in [1.82, 2.24) is 4.90 Å². The number of piperidine rings is 1. The van der Waals surface area contributed by atoms with Crippen molar-refractivity contribution in [3.05, 3.63) is 83.4 Å². The van der Waals surface area contributed by atoms with Gasteiger partial charge in [-0.3, -0.25) is 9.59 Å². The van der Waals surface area contributed by atoms with E-state index in [2.05, 4.69) is 46.6 Å². The lowest BCUT2D eigenvalue weighted by Crippen LogP contribution is -2.41. The number of hydrogen-bond donors (Lipinski definition) is 1. The van der Waals surface area contributed by atoms with Crippen LogP contribution in [0.25, 0.3) is 0 Å². The summed E-state index contributed by atoms with van der Waals surface area (Å²) in [6.45, 7) is 3.22. The molecule has 7 heteroatoms. The molecule has 3 heterocycles. The van der Waals surface area contributed by atoms with Crippen molar-refractivity contribution in [3.8, 4) is 11.5 Å². The normalized spacial score (nSPS) is 16.7. The standard InChI is InChI=1S/C29H29N3O4/c33-28(30-24-9-10-26-27(17-24)36-19-35-26)22-12-14-31(15-13-22)29(34)23-7-5-20(6-8-23)18-32-16-11-21-3-1-2-4-25(21)32/h1-10,17,22H,11-16,18-19H2,(H,30,33). The summed E-state index contributed by atoms with van der Waals surface area (Å²) < 4.78 is 10.7. The van der Waals surface area contributed by atoms with Gasteiger partial charge in [0.1, 0.15) is 0 Å². The first-order chi connectivity index (χ1) is 17.6. The molecule has 184 valence electrons. The molecule has 2 amide bonds. The molecule has 0 unspecified atom stereocenters. The van der Waals surface area contributed by atoms with Gasteiger partial charge < -0.3 is 24.6 Å². The number of carbonyl (C=O) groups is 2. The van der Waals surface area contributed by atoms with E-state index >= 15 is 0 Å². The second-order valence-corrected chi connectivity index (χ2v) is 9.62. The van der Waals surface area contributed by atoms with Crippen molar-refractivity contribution >= 4 is 23.2 Å². The maximum Gasteiger partial charge on any atom is 0.253 e. The average molecular weight is 484 g/mol. The van der Waals surface area contributed by atoms with Crippen molar-refractivity contribution < 1.29 is 19.1 Å². The van der Waals surface area contributed by atoms with Crippen LogP contribution in [0.15, 0.2) is 66.7 Å². The number of benzene rings is 3. The van der Waals surface area contributed by atoms with Gasteiger partial charge in [0.05, 0.1) is 0 Å². The van der Waals surface area contributed by atoms with Crippen LogP contribution in [0.2, 0.25) is 0 Å². The highest BCUT2D eigenvalue weighted by Gasteiger charge is 2.28. The van der Waals surface area contributed by atoms with E-state index < -0.39 is 0 Å². The number of nitrogens with zero attached hydrogens (tertiary/aromatic N) is 2. The van der Waals surface area contributed by atoms with Crippen molar-refractivity contribution in [2.24, 2.45) is 5.92 Å². The van der Waals surface area contributed by atoms with E-state index in [0.717, 1.165) is 19.5 Å². The average Bonchev–Trinajstić information content (AvgIpc) is 3.56. The predicted octanol–water partition coefficient (Wildman–Crippen LogP) is 4.47. The van der Waals surface area contributed by atoms with Gasteiger partial charge >= 0.3 is 0 Å². The monoisotopic (exact) mass is 483 g/mol. The molecule has 1 saturated heterocycles. The van der Waals surface area contributed by atoms with Crippen LogP contribution < -0.4 is 19.7 Å². The molecule has 3 aliphatic rings. The molecular weight excluding hydrogens is 454 g/mol. The largest absolute Gasteiger partial charge is 0.454 e. The van der Waals surface area contributed by atoms with E-state index in [1.807, 2.05) is 23.1 Å². The number of likely N-dealkylation sites (tertiary alicyclic amines) is 1. The van der Waals surface area contributed by atoms with Gasteiger partial charge in [-0.25, -0.2) is 0 Å². The highest BCUT2D eigenvalue weighted by Crippen LogP contribution is 2.34. The lowest BCUT2D eigenvalue weighted by Gasteiger charge is -2.31. The number of ether oxygens (including phenoxy) is 2. The summed E-state index contributed by atoms with van der Waals surface area (Å²) in [5.41, 5.74) is 5.30. The van der Waals surface area contributed by atoms with Gasteiger partial charge in [-0.1, -0.05) is 30.3 Å². The fourth-order valence-corrected chi connectivity index (χ4v) is 5.29. The van der Waals surface area contributed by atoms with E-state index in [9.17, 15) is 9.59 Å². The quantitative estimate of drug-likeness (QED) is 0.580. The van der Waals surface area contributed by atoms with Crippen LogP contribution in [0.3, 0.4) is 0 Å². The molecule has 0 aromatic heterocycles. The van der Waals surface area contributed by atoms with Crippen LogP contribution >= 0.6 is 0 Å². The van der Waals surface area contributed by atoms with Gasteiger partial charge in [-0.05, 0) is 60.7 Å². The minimum atomic E-state index is -0.120. The van der Waals surface area contributed by atoms with Crippen LogP contribution in [-0.2, 0) is 17.8 Å². The molecule has 36 heavy (non-hydrogen) atoms. The zero-order chi connectivity index (χ0) is 24.5. The molecule has 3 aromatic rings. The van der Waals surface area contributed by atoms with Crippen molar-refractivity contribution in [2.45, 2.75) is 25.8 Å². The third kappa shape index (κ3) is 4.49. The first kappa shape index (κ1) is 22.5. The highest BCUT2D eigenvalue weighted by molar-refractivity contribution is 5.95. The van der Waals surface area contributed by atoms with Gasteiger partial charge in [0.2, 0.25) is 12.7 Å². The number of rotatable bonds is 5. The van der Waals surface area contributed by atoms with Gasteiger partial charge in [-0.2, -0.15) is 0 Å². The van der Waals surface area contributed by atoms with Crippen LogP contribution in [0.4, 0.5) is 11.4 Å². The summed E-state index contributed by atoms with van der Waals surface area (Å²) in [5.74, 6) is 1.22. The van der Waals surface area contributed by atoms with Gasteiger partial charge in [0.25, 0.3) is 5.91 Å². The fourth-order valence-electron chi connectivity index (χ4n) is 5.29. The lowest BCUT2D eigenvalue weighted by atomic mass is 9.95. The van der Waals surface area contributed by atoms with Gasteiger partial charge in [0.15, 0.2) is 11.5 Å². The minimum Gasteiger partial charge on any atom is -0.454 e. The molecule has 7 nitrogen and oxygen atoms in total. The van der Waals surface area contributed by atoms with Crippen LogP contribution in [0.1, 0.15) is 34.3 Å². The molecule has 0 atom stereocenters. The van der Waals surface area contributed by atoms with Crippen molar-refractivity contribution in [1.29, 1.82) is 0 Å². The topological polar surface area (TPSA) is 71.1 Å². The summed E-state index contributed by atoms with van der Waals surface area (Å²) in [5, 5.41) is 2.98. The molecule has 6 rings (SSSR count). The third-order valence-electron chi connectivity index (χ3n) is 7.35. The Morgan fingerprint density at radius 3 is 2.50 bits per heavy atom. The Morgan fingerprint density at radius 2 is 1.67 bits per heavy atom. The molecule has 0 spiro atoms. The fraction of sp³-hybridized carbons (Fsp3) is 0.310. The highest BCUT2D eigenvalue weighted by atomic mass is 16.7. The predicted molar refractivity (Wildman–Crippen MR) is 137 cm³/mol. The van der Waals surface area contributed by atoms with Crippen LogP contribution in [0.5, 0.6) is 11.5 Å². The smallest absolute Gasteiger partial charge is 0.253 e. The third-order valence-corrected chi connectivity index (χ3v) is 7.35. The number of para-hydroxylation sites is 1. The number of amides is 2. The number of fused-ring (bicyclic) bond motifs is 2. The van der Waals surface area contributed by atoms with E-state index in [1.165, 1.54) is 16.8 Å². The lowest BCUT2D eigenvalue weighted by molar-refractivity contribution is -0.121. The van der Waals surface area contributed by atoms with Crippen LogP contribution in [-0.4, -0.2) is 43.1 Å².